The number of pyridine rings is 1. The molecule has 0 aromatic carbocycles. The van der Waals surface area contributed by atoms with E-state index < -0.39 is 16.1 Å². The number of fused-ring (bicyclic) bond motifs is 1. The fraction of sp³-hybridized carbons (Fsp3) is 0.500. The molecule has 0 fully saturated rings. The number of carbonyl (C=O) groups excluding carboxylic acids is 1. The van der Waals surface area contributed by atoms with E-state index in [2.05, 4.69) is 30.7 Å². The van der Waals surface area contributed by atoms with Crippen LogP contribution in [0, 0.1) is 0 Å². The zero-order valence-electron chi connectivity index (χ0n) is 16.2. The SMILES string of the molecule is CCOC(=O)Cn1ncc2c1CCCC2NS(=O)(=O)c1cnc(OCC)c(Br)c1. The molecule has 0 amide bonds. The quantitative estimate of drug-likeness (QED) is 0.569. The third-order valence-electron chi connectivity index (χ3n) is 4.52. The van der Waals surface area contributed by atoms with Crippen LogP contribution in [0.5, 0.6) is 5.88 Å². The molecule has 1 atom stereocenters. The minimum atomic E-state index is -3.81. The first kappa shape index (κ1) is 21.7. The zero-order valence-corrected chi connectivity index (χ0v) is 18.6. The van der Waals surface area contributed by atoms with E-state index in [9.17, 15) is 13.2 Å². The fourth-order valence-electron chi connectivity index (χ4n) is 3.26. The molecule has 0 saturated heterocycles. The number of rotatable bonds is 8. The van der Waals surface area contributed by atoms with Crippen molar-refractivity contribution < 1.29 is 22.7 Å². The average molecular weight is 487 g/mol. The highest BCUT2D eigenvalue weighted by atomic mass is 79.9. The van der Waals surface area contributed by atoms with Crippen LogP contribution >= 0.6 is 15.9 Å². The summed E-state index contributed by atoms with van der Waals surface area (Å²) in [4.78, 5) is 15.9. The zero-order chi connectivity index (χ0) is 21.0. The first-order valence-electron chi connectivity index (χ1n) is 9.36. The van der Waals surface area contributed by atoms with Gasteiger partial charge >= 0.3 is 5.97 Å². The Bertz CT molecular complexity index is 992. The lowest BCUT2D eigenvalue weighted by molar-refractivity contribution is -0.144. The summed E-state index contributed by atoms with van der Waals surface area (Å²) >= 11 is 3.29. The van der Waals surface area contributed by atoms with Crippen LogP contribution in [0.3, 0.4) is 0 Å². The minimum Gasteiger partial charge on any atom is -0.477 e. The van der Waals surface area contributed by atoms with Gasteiger partial charge in [0.05, 0.1) is 36.1 Å². The van der Waals surface area contributed by atoms with Gasteiger partial charge in [0.1, 0.15) is 11.4 Å². The van der Waals surface area contributed by atoms with Crippen molar-refractivity contribution in [3.63, 3.8) is 0 Å². The predicted molar refractivity (Wildman–Crippen MR) is 108 cm³/mol. The number of halogens is 1. The maximum absolute atomic E-state index is 12.9. The van der Waals surface area contributed by atoms with Crippen LogP contribution in [0.2, 0.25) is 0 Å². The molecule has 3 rings (SSSR count). The predicted octanol–water partition coefficient (Wildman–Crippen LogP) is 2.36. The van der Waals surface area contributed by atoms with Gasteiger partial charge in [0, 0.05) is 11.3 Å². The fourth-order valence-corrected chi connectivity index (χ4v) is 5.09. The van der Waals surface area contributed by atoms with Gasteiger partial charge in [-0.25, -0.2) is 18.1 Å². The van der Waals surface area contributed by atoms with Crippen LogP contribution in [-0.4, -0.2) is 42.4 Å². The smallest absolute Gasteiger partial charge is 0.327 e. The van der Waals surface area contributed by atoms with Crippen LogP contribution < -0.4 is 9.46 Å². The van der Waals surface area contributed by atoms with Crippen molar-refractivity contribution in [1.29, 1.82) is 0 Å². The van der Waals surface area contributed by atoms with Gasteiger partial charge in [-0.3, -0.25) is 9.48 Å². The Morgan fingerprint density at radius 1 is 1.34 bits per heavy atom. The Labute approximate surface area is 178 Å². The second-order valence-corrected chi connectivity index (χ2v) is 9.03. The van der Waals surface area contributed by atoms with E-state index in [-0.39, 0.29) is 17.4 Å². The molecular formula is C18H23BrN4O5S. The molecule has 2 aromatic heterocycles. The summed E-state index contributed by atoms with van der Waals surface area (Å²) in [5.74, 6) is -0.0296. The van der Waals surface area contributed by atoms with E-state index in [1.165, 1.54) is 12.3 Å². The van der Waals surface area contributed by atoms with E-state index in [1.54, 1.807) is 17.8 Å². The molecule has 9 nitrogen and oxygen atoms in total. The maximum atomic E-state index is 12.9. The summed E-state index contributed by atoms with van der Waals surface area (Å²) in [6.45, 7) is 4.31. The van der Waals surface area contributed by atoms with Gasteiger partial charge in [0.2, 0.25) is 15.9 Å². The molecule has 1 aliphatic carbocycles. The number of nitrogens with one attached hydrogen (secondary N) is 1. The lowest BCUT2D eigenvalue weighted by atomic mass is 9.94. The van der Waals surface area contributed by atoms with Crippen molar-refractivity contribution in [2.45, 2.75) is 50.6 Å². The first-order valence-corrected chi connectivity index (χ1v) is 11.6. The largest absolute Gasteiger partial charge is 0.477 e. The molecular weight excluding hydrogens is 464 g/mol. The third-order valence-corrected chi connectivity index (χ3v) is 6.52. The third kappa shape index (κ3) is 4.96. The molecule has 1 aliphatic rings. The second-order valence-electron chi connectivity index (χ2n) is 6.47. The van der Waals surface area contributed by atoms with Crippen LogP contribution in [0.4, 0.5) is 0 Å². The van der Waals surface area contributed by atoms with Crippen molar-refractivity contribution in [2.24, 2.45) is 0 Å². The normalized spacial score (nSPS) is 16.3. The van der Waals surface area contributed by atoms with Crippen molar-refractivity contribution in [2.75, 3.05) is 13.2 Å². The Hall–Kier alpha value is -1.98. The summed E-state index contributed by atoms with van der Waals surface area (Å²) in [6, 6.07) is 1.04. The van der Waals surface area contributed by atoms with E-state index in [0.717, 1.165) is 24.1 Å². The van der Waals surface area contributed by atoms with Crippen molar-refractivity contribution in [1.82, 2.24) is 19.5 Å². The molecule has 0 spiro atoms. The molecule has 2 aromatic rings. The summed E-state index contributed by atoms with van der Waals surface area (Å²) in [6.07, 6.45) is 5.03. The number of hydrogen-bond donors (Lipinski definition) is 1. The number of esters is 1. The molecule has 0 aliphatic heterocycles. The molecule has 0 radical (unpaired) electrons. The maximum Gasteiger partial charge on any atom is 0.327 e. The Balaban J connectivity index is 1.80. The Kier molecular flexibility index (Phi) is 6.91. The van der Waals surface area contributed by atoms with Crippen LogP contribution in [0.25, 0.3) is 0 Å². The van der Waals surface area contributed by atoms with Crippen molar-refractivity contribution >= 4 is 31.9 Å². The molecule has 1 N–H and O–H groups in total. The number of hydrogen-bond acceptors (Lipinski definition) is 7. The van der Waals surface area contributed by atoms with Gasteiger partial charge < -0.3 is 9.47 Å². The standard InChI is InChI=1S/C18H23BrN4O5S/c1-3-27-17(24)11-23-16-7-5-6-15(13(16)10-21-23)22-29(25,26)12-8-14(19)18(20-9-12)28-4-2/h8-10,15,22H,3-7,11H2,1-2H3. The molecule has 2 heterocycles. The highest BCUT2D eigenvalue weighted by Crippen LogP contribution is 2.32. The Morgan fingerprint density at radius 3 is 2.83 bits per heavy atom. The topological polar surface area (TPSA) is 112 Å². The number of aromatic nitrogens is 3. The van der Waals surface area contributed by atoms with E-state index in [0.29, 0.717) is 30.0 Å². The van der Waals surface area contributed by atoms with Crippen LogP contribution in [0.15, 0.2) is 27.8 Å². The number of sulfonamides is 1. The minimum absolute atomic E-state index is 0.0123. The van der Waals surface area contributed by atoms with Crippen LogP contribution in [0.1, 0.15) is 44.0 Å². The second kappa shape index (κ2) is 9.23. The van der Waals surface area contributed by atoms with Gasteiger partial charge in [-0.1, -0.05) is 0 Å². The summed E-state index contributed by atoms with van der Waals surface area (Å²) in [7, 11) is -3.81. The van der Waals surface area contributed by atoms with Gasteiger partial charge in [0.25, 0.3) is 0 Å². The molecule has 11 heteroatoms. The van der Waals surface area contributed by atoms with Crippen molar-refractivity contribution in [3.8, 4) is 5.88 Å². The van der Waals surface area contributed by atoms with Gasteiger partial charge in [-0.05, 0) is 55.1 Å². The summed E-state index contributed by atoms with van der Waals surface area (Å²) in [5.41, 5.74) is 1.63. The van der Waals surface area contributed by atoms with E-state index in [1.807, 2.05) is 6.92 Å². The first-order chi connectivity index (χ1) is 13.9. The average Bonchev–Trinajstić information content (AvgIpc) is 3.07. The number of ether oxygens (including phenoxy) is 2. The number of nitrogens with zero attached hydrogens (tertiary/aromatic N) is 3. The van der Waals surface area contributed by atoms with Gasteiger partial charge in [-0.2, -0.15) is 5.10 Å². The van der Waals surface area contributed by atoms with Crippen molar-refractivity contribution in [3.05, 3.63) is 34.2 Å². The number of carbonyl (C=O) groups is 1. The van der Waals surface area contributed by atoms with Gasteiger partial charge in [0.15, 0.2) is 0 Å². The Morgan fingerprint density at radius 2 is 2.14 bits per heavy atom. The molecule has 158 valence electrons. The lowest BCUT2D eigenvalue weighted by Gasteiger charge is -2.24. The summed E-state index contributed by atoms with van der Waals surface area (Å²) in [5, 5.41) is 4.26. The molecule has 1 unspecified atom stereocenters. The van der Waals surface area contributed by atoms with E-state index >= 15 is 0 Å². The van der Waals surface area contributed by atoms with Crippen LogP contribution in [-0.2, 0) is 32.5 Å². The molecule has 0 bridgehead atoms. The summed E-state index contributed by atoms with van der Waals surface area (Å²) < 4.78 is 40.9. The lowest BCUT2D eigenvalue weighted by Crippen LogP contribution is -2.31. The highest BCUT2D eigenvalue weighted by Gasteiger charge is 2.29. The van der Waals surface area contributed by atoms with E-state index in [4.69, 9.17) is 9.47 Å². The molecule has 29 heavy (non-hydrogen) atoms. The monoisotopic (exact) mass is 486 g/mol. The molecule has 0 saturated carbocycles. The highest BCUT2D eigenvalue weighted by molar-refractivity contribution is 9.10. The van der Waals surface area contributed by atoms with Gasteiger partial charge in [-0.15, -0.1) is 0 Å².